The number of aromatic nitrogens is 3. The second-order valence-corrected chi connectivity index (χ2v) is 8.34. The lowest BCUT2D eigenvalue weighted by Crippen LogP contribution is -2.19. The van der Waals surface area contributed by atoms with E-state index in [-0.39, 0.29) is 5.56 Å². The summed E-state index contributed by atoms with van der Waals surface area (Å²) in [6, 6.07) is 10.3. The molecule has 0 saturated heterocycles. The van der Waals surface area contributed by atoms with E-state index < -0.39 is 0 Å². The van der Waals surface area contributed by atoms with Gasteiger partial charge in [0.1, 0.15) is 4.83 Å². The van der Waals surface area contributed by atoms with Crippen LogP contribution in [0.4, 0.5) is 0 Å². The van der Waals surface area contributed by atoms with Crippen LogP contribution in [-0.2, 0) is 12.8 Å². The molecule has 0 fully saturated rings. The average Bonchev–Trinajstić information content (AvgIpc) is 3.10. The number of fused-ring (bicyclic) bond motifs is 1. The van der Waals surface area contributed by atoms with Gasteiger partial charge in [0, 0.05) is 36.1 Å². The lowest BCUT2D eigenvalue weighted by atomic mass is 10.0. The van der Waals surface area contributed by atoms with Crippen molar-refractivity contribution in [2.45, 2.75) is 24.8 Å². The van der Waals surface area contributed by atoms with E-state index in [4.69, 9.17) is 4.98 Å². The molecule has 136 valence electrons. The summed E-state index contributed by atoms with van der Waals surface area (Å²) in [5.74, 6) is 0.731. The quantitative estimate of drug-likeness (QED) is 0.363. The molecule has 27 heavy (non-hydrogen) atoms. The maximum absolute atomic E-state index is 13.1. The van der Waals surface area contributed by atoms with Crippen molar-refractivity contribution in [3.05, 3.63) is 75.1 Å². The molecule has 0 aliphatic carbocycles. The normalized spacial score (nSPS) is 11.2. The van der Waals surface area contributed by atoms with Crippen LogP contribution in [0.5, 0.6) is 0 Å². The summed E-state index contributed by atoms with van der Waals surface area (Å²) in [6.07, 6.45) is 3.60. The first-order valence-corrected chi connectivity index (χ1v) is 10.5. The predicted molar refractivity (Wildman–Crippen MR) is 114 cm³/mol. The Hall–Kier alpha value is -2.44. The molecule has 0 aliphatic heterocycles. The Morgan fingerprint density at radius 3 is 2.78 bits per heavy atom. The number of hydrogen-bond donors (Lipinski definition) is 0. The van der Waals surface area contributed by atoms with Gasteiger partial charge in [0.15, 0.2) is 5.16 Å². The van der Waals surface area contributed by atoms with Gasteiger partial charge in [-0.25, -0.2) is 4.98 Å². The molecular formula is C21H19N3OS2. The Morgan fingerprint density at radius 2 is 2.04 bits per heavy atom. The number of thiophene rings is 1. The number of aryl methyl sites for hydroxylation is 2. The van der Waals surface area contributed by atoms with E-state index >= 15 is 0 Å². The number of thioether (sulfide) groups is 1. The Bertz CT molecular complexity index is 1180. The van der Waals surface area contributed by atoms with Crippen LogP contribution >= 0.6 is 23.1 Å². The molecule has 4 nitrogen and oxygen atoms in total. The third-order valence-corrected chi connectivity index (χ3v) is 6.66. The molecule has 1 aromatic carbocycles. The van der Waals surface area contributed by atoms with Gasteiger partial charge in [-0.05, 0) is 42.2 Å². The molecular weight excluding hydrogens is 374 g/mol. The van der Waals surface area contributed by atoms with Crippen molar-refractivity contribution in [2.75, 3.05) is 0 Å². The van der Waals surface area contributed by atoms with Crippen LogP contribution in [0.1, 0.15) is 16.7 Å². The van der Waals surface area contributed by atoms with Crippen LogP contribution < -0.4 is 5.56 Å². The fourth-order valence-corrected chi connectivity index (χ4v) is 4.83. The van der Waals surface area contributed by atoms with Gasteiger partial charge in [-0.15, -0.1) is 11.3 Å². The summed E-state index contributed by atoms with van der Waals surface area (Å²) < 4.78 is 1.65. The first kappa shape index (κ1) is 17.9. The van der Waals surface area contributed by atoms with Gasteiger partial charge in [-0.1, -0.05) is 36.0 Å². The maximum Gasteiger partial charge on any atom is 0.263 e. The van der Waals surface area contributed by atoms with E-state index in [9.17, 15) is 4.79 Å². The molecule has 0 atom stereocenters. The molecule has 6 heteroatoms. The fourth-order valence-electron chi connectivity index (χ4n) is 2.93. The summed E-state index contributed by atoms with van der Waals surface area (Å²) in [5.41, 5.74) is 5.62. The second-order valence-electron chi connectivity index (χ2n) is 6.54. The van der Waals surface area contributed by atoms with Gasteiger partial charge in [-0.2, -0.15) is 0 Å². The minimum Gasteiger partial charge on any atom is -0.290 e. The predicted octanol–water partition coefficient (Wildman–Crippen LogP) is 4.97. The van der Waals surface area contributed by atoms with Gasteiger partial charge >= 0.3 is 0 Å². The van der Waals surface area contributed by atoms with Crippen LogP contribution in [0.3, 0.4) is 0 Å². The first-order chi connectivity index (χ1) is 13.0. The van der Waals surface area contributed by atoms with E-state index in [2.05, 4.69) is 37.0 Å². The first-order valence-electron chi connectivity index (χ1n) is 8.62. The van der Waals surface area contributed by atoms with Gasteiger partial charge in [0.2, 0.25) is 0 Å². The number of nitrogens with zero attached hydrogens (tertiary/aromatic N) is 3. The Balaban J connectivity index is 1.75. The molecule has 0 spiro atoms. The lowest BCUT2D eigenvalue weighted by Gasteiger charge is -2.08. The Morgan fingerprint density at radius 1 is 1.19 bits per heavy atom. The molecule has 0 unspecified atom stereocenters. The number of benzene rings is 1. The van der Waals surface area contributed by atoms with Crippen molar-refractivity contribution in [3.63, 3.8) is 0 Å². The second kappa shape index (κ2) is 7.29. The van der Waals surface area contributed by atoms with E-state index in [0.717, 1.165) is 32.4 Å². The van der Waals surface area contributed by atoms with Crippen molar-refractivity contribution in [1.29, 1.82) is 0 Å². The summed E-state index contributed by atoms with van der Waals surface area (Å²) in [4.78, 5) is 22.8. The van der Waals surface area contributed by atoms with Crippen molar-refractivity contribution >= 4 is 33.3 Å². The van der Waals surface area contributed by atoms with Crippen LogP contribution in [0.25, 0.3) is 21.3 Å². The van der Waals surface area contributed by atoms with E-state index in [0.29, 0.717) is 5.39 Å². The van der Waals surface area contributed by atoms with E-state index in [1.807, 2.05) is 23.7 Å². The number of hydrogen-bond acceptors (Lipinski definition) is 5. The van der Waals surface area contributed by atoms with Crippen LogP contribution in [0.2, 0.25) is 0 Å². The molecule has 4 aromatic rings. The number of pyridine rings is 1. The van der Waals surface area contributed by atoms with Crippen molar-refractivity contribution in [1.82, 2.24) is 14.5 Å². The van der Waals surface area contributed by atoms with Crippen molar-refractivity contribution in [2.24, 2.45) is 7.05 Å². The molecule has 0 N–H and O–H groups in total. The summed E-state index contributed by atoms with van der Waals surface area (Å²) in [7, 11) is 1.79. The lowest BCUT2D eigenvalue weighted by molar-refractivity contribution is 0.728. The SMILES string of the molecule is Cc1ccc(-c2csc3nc(SCc4cccnc4)n(C)c(=O)c23)cc1C. The van der Waals surface area contributed by atoms with Crippen molar-refractivity contribution in [3.8, 4) is 11.1 Å². The summed E-state index contributed by atoms with van der Waals surface area (Å²) in [5, 5.41) is 3.47. The standard InChI is InChI=1S/C21H19N3OS2/c1-13-6-7-16(9-14(13)2)17-12-26-19-18(17)20(25)24(3)21(23-19)27-11-15-5-4-8-22-10-15/h4-10,12H,11H2,1-3H3. The molecule has 0 saturated carbocycles. The Kier molecular flexibility index (Phi) is 4.85. The van der Waals surface area contributed by atoms with E-state index in [1.165, 1.54) is 22.5 Å². The third-order valence-electron chi connectivity index (χ3n) is 4.68. The highest BCUT2D eigenvalue weighted by atomic mass is 32.2. The fraction of sp³-hybridized carbons (Fsp3) is 0.190. The van der Waals surface area contributed by atoms with Gasteiger partial charge in [0.05, 0.1) is 5.39 Å². The molecule has 0 radical (unpaired) electrons. The Labute approximate surface area is 165 Å². The molecule has 0 bridgehead atoms. The van der Waals surface area contributed by atoms with Crippen LogP contribution in [0, 0.1) is 13.8 Å². The topological polar surface area (TPSA) is 47.8 Å². The zero-order valence-electron chi connectivity index (χ0n) is 15.4. The van der Waals surface area contributed by atoms with Crippen LogP contribution in [-0.4, -0.2) is 14.5 Å². The van der Waals surface area contributed by atoms with Crippen molar-refractivity contribution < 1.29 is 0 Å². The van der Waals surface area contributed by atoms with E-state index in [1.54, 1.807) is 29.6 Å². The minimum absolute atomic E-state index is 0.00293. The average molecular weight is 394 g/mol. The summed E-state index contributed by atoms with van der Waals surface area (Å²) in [6.45, 7) is 4.19. The minimum atomic E-state index is 0.00293. The zero-order chi connectivity index (χ0) is 19.0. The van der Waals surface area contributed by atoms with Crippen LogP contribution in [0.15, 0.2) is 58.1 Å². The maximum atomic E-state index is 13.1. The highest BCUT2D eigenvalue weighted by molar-refractivity contribution is 7.98. The molecule has 3 heterocycles. The zero-order valence-corrected chi connectivity index (χ0v) is 17.0. The molecule has 0 amide bonds. The monoisotopic (exact) mass is 393 g/mol. The summed E-state index contributed by atoms with van der Waals surface area (Å²) >= 11 is 3.08. The number of rotatable bonds is 4. The molecule has 4 rings (SSSR count). The smallest absolute Gasteiger partial charge is 0.263 e. The van der Waals surface area contributed by atoms with Gasteiger partial charge < -0.3 is 0 Å². The molecule has 3 aromatic heterocycles. The highest BCUT2D eigenvalue weighted by Crippen LogP contribution is 2.33. The van der Waals surface area contributed by atoms with Gasteiger partial charge in [-0.3, -0.25) is 14.3 Å². The third kappa shape index (κ3) is 3.42. The largest absolute Gasteiger partial charge is 0.290 e. The highest BCUT2D eigenvalue weighted by Gasteiger charge is 2.16. The van der Waals surface area contributed by atoms with Gasteiger partial charge in [0.25, 0.3) is 5.56 Å². The molecule has 0 aliphatic rings.